The number of hydrogen-bond acceptors (Lipinski definition) is 7. The molecule has 0 spiro atoms. The average Bonchev–Trinajstić information content (AvgIpc) is 3.18. The van der Waals surface area contributed by atoms with Gasteiger partial charge in [-0.15, -0.1) is 0 Å². The summed E-state index contributed by atoms with van der Waals surface area (Å²) in [6.07, 6.45) is 7.00. The van der Waals surface area contributed by atoms with Gasteiger partial charge in [-0.3, -0.25) is 15.0 Å². The van der Waals surface area contributed by atoms with Gasteiger partial charge < -0.3 is 4.42 Å². The molecular weight excluding hydrogens is 280 g/mol. The number of pyridine rings is 1. The fraction of sp³-hybridized carbons (Fsp3) is 0.0667. The van der Waals surface area contributed by atoms with Crippen LogP contribution < -0.4 is 11.4 Å². The number of aromatic nitrogens is 1. The van der Waals surface area contributed by atoms with Crippen molar-refractivity contribution in [3.05, 3.63) is 72.3 Å². The molecule has 4 rings (SSSR count). The first-order valence-electron chi connectivity index (χ1n) is 6.83. The van der Waals surface area contributed by atoms with Crippen LogP contribution in [0.2, 0.25) is 0 Å². The summed E-state index contributed by atoms with van der Waals surface area (Å²) in [6.45, 7) is 0.582. The molecule has 0 amide bonds. The summed E-state index contributed by atoms with van der Waals surface area (Å²) in [5.41, 5.74) is 6.45. The van der Waals surface area contributed by atoms with Crippen molar-refractivity contribution < 1.29 is 4.42 Å². The zero-order chi connectivity index (χ0) is 14.9. The second kappa shape index (κ2) is 5.05. The SMILES string of the molecule is NN1C=C(c2ccco2)C2=NNN(Cc3ccccn3)C2=C1. The van der Waals surface area contributed by atoms with E-state index < -0.39 is 0 Å². The lowest BCUT2D eigenvalue weighted by Gasteiger charge is -2.24. The lowest BCUT2D eigenvalue weighted by Crippen LogP contribution is -2.33. The van der Waals surface area contributed by atoms with Crippen molar-refractivity contribution >= 4 is 11.3 Å². The standard InChI is InChI=1S/C15H14N6O/c16-20-9-12(14-5-3-7-22-14)15-13(10-20)21(19-18-15)8-11-4-1-2-6-17-11/h1-7,9-10,19H,8,16H2. The molecule has 0 saturated carbocycles. The maximum absolute atomic E-state index is 5.96. The number of nitrogens with zero attached hydrogens (tertiary/aromatic N) is 4. The predicted molar refractivity (Wildman–Crippen MR) is 81.1 cm³/mol. The Kier molecular flexibility index (Phi) is 2.90. The minimum atomic E-state index is 0.582. The molecule has 0 unspecified atom stereocenters. The van der Waals surface area contributed by atoms with Gasteiger partial charge in [-0.1, -0.05) is 6.07 Å². The van der Waals surface area contributed by atoms with E-state index in [1.807, 2.05) is 41.5 Å². The highest BCUT2D eigenvalue weighted by atomic mass is 16.3. The molecule has 2 aliphatic rings. The zero-order valence-electron chi connectivity index (χ0n) is 11.7. The third-order valence-electron chi connectivity index (χ3n) is 3.45. The van der Waals surface area contributed by atoms with Gasteiger partial charge in [0.25, 0.3) is 0 Å². The molecule has 0 atom stereocenters. The van der Waals surface area contributed by atoms with Crippen LogP contribution in [-0.4, -0.2) is 20.7 Å². The average molecular weight is 294 g/mol. The Morgan fingerprint density at radius 3 is 2.91 bits per heavy atom. The highest BCUT2D eigenvalue weighted by Gasteiger charge is 2.30. The molecule has 0 saturated heterocycles. The highest BCUT2D eigenvalue weighted by Crippen LogP contribution is 2.29. The molecule has 0 fully saturated rings. The monoisotopic (exact) mass is 294 g/mol. The van der Waals surface area contributed by atoms with Gasteiger partial charge in [-0.2, -0.15) is 5.10 Å². The van der Waals surface area contributed by atoms with Crippen molar-refractivity contribution in [1.29, 1.82) is 0 Å². The second-order valence-electron chi connectivity index (χ2n) is 4.95. The number of hydrazine groups is 2. The van der Waals surface area contributed by atoms with Gasteiger partial charge in [0.1, 0.15) is 17.2 Å². The van der Waals surface area contributed by atoms with Crippen LogP contribution in [0.4, 0.5) is 0 Å². The van der Waals surface area contributed by atoms with E-state index in [0.717, 1.165) is 28.4 Å². The maximum atomic E-state index is 5.96. The molecule has 22 heavy (non-hydrogen) atoms. The molecule has 2 aromatic rings. The van der Waals surface area contributed by atoms with Crippen LogP contribution in [0.3, 0.4) is 0 Å². The molecule has 0 radical (unpaired) electrons. The Bertz CT molecular complexity index is 763. The zero-order valence-corrected chi connectivity index (χ0v) is 11.7. The predicted octanol–water partition coefficient (Wildman–Crippen LogP) is 1.42. The van der Waals surface area contributed by atoms with E-state index in [-0.39, 0.29) is 0 Å². The van der Waals surface area contributed by atoms with Gasteiger partial charge in [0.2, 0.25) is 0 Å². The number of fused-ring (bicyclic) bond motifs is 1. The molecule has 0 aromatic carbocycles. The molecule has 4 heterocycles. The summed E-state index contributed by atoms with van der Waals surface area (Å²) in [6, 6.07) is 9.53. The number of rotatable bonds is 3. The fourth-order valence-corrected chi connectivity index (χ4v) is 2.45. The van der Waals surface area contributed by atoms with Crippen molar-refractivity contribution in [2.24, 2.45) is 10.9 Å². The molecular formula is C15H14N6O. The second-order valence-corrected chi connectivity index (χ2v) is 4.95. The fourth-order valence-electron chi connectivity index (χ4n) is 2.45. The number of hydrazone groups is 1. The maximum Gasteiger partial charge on any atom is 0.137 e. The van der Waals surface area contributed by atoms with Crippen molar-refractivity contribution in [3.8, 4) is 0 Å². The Labute approximate surface area is 127 Å². The first kappa shape index (κ1) is 12.7. The first-order valence-corrected chi connectivity index (χ1v) is 6.83. The summed E-state index contributed by atoms with van der Waals surface area (Å²) < 4.78 is 5.47. The Balaban J connectivity index is 1.62. The van der Waals surface area contributed by atoms with E-state index in [0.29, 0.717) is 6.54 Å². The van der Waals surface area contributed by atoms with E-state index in [9.17, 15) is 0 Å². The van der Waals surface area contributed by atoms with E-state index in [1.54, 1.807) is 18.7 Å². The molecule has 0 bridgehead atoms. The number of furan rings is 1. The van der Waals surface area contributed by atoms with Crippen molar-refractivity contribution in [2.45, 2.75) is 6.54 Å². The van der Waals surface area contributed by atoms with Crippen molar-refractivity contribution in [1.82, 2.24) is 20.5 Å². The van der Waals surface area contributed by atoms with Gasteiger partial charge in [0.15, 0.2) is 0 Å². The normalized spacial score (nSPS) is 16.7. The van der Waals surface area contributed by atoms with Gasteiger partial charge in [0, 0.05) is 18.6 Å². The van der Waals surface area contributed by atoms with Crippen LogP contribution in [-0.2, 0) is 6.54 Å². The largest absolute Gasteiger partial charge is 0.464 e. The van der Waals surface area contributed by atoms with E-state index in [4.69, 9.17) is 10.3 Å². The summed E-state index contributed by atoms with van der Waals surface area (Å²) in [4.78, 5) is 4.33. The quantitative estimate of drug-likeness (QED) is 0.833. The van der Waals surface area contributed by atoms with Crippen LogP contribution >= 0.6 is 0 Å². The topological polar surface area (TPSA) is 82.9 Å². The summed E-state index contributed by atoms with van der Waals surface area (Å²) >= 11 is 0. The molecule has 2 aliphatic heterocycles. The van der Waals surface area contributed by atoms with E-state index >= 15 is 0 Å². The lowest BCUT2D eigenvalue weighted by molar-refractivity contribution is 0.266. The minimum absolute atomic E-state index is 0.582. The minimum Gasteiger partial charge on any atom is -0.464 e. The molecule has 7 nitrogen and oxygen atoms in total. The van der Waals surface area contributed by atoms with Crippen LogP contribution in [0.1, 0.15) is 11.5 Å². The van der Waals surface area contributed by atoms with Gasteiger partial charge >= 0.3 is 0 Å². The number of nitrogens with one attached hydrogen (secondary N) is 1. The Hall–Kier alpha value is -3.06. The van der Waals surface area contributed by atoms with Gasteiger partial charge in [-0.25, -0.2) is 11.4 Å². The van der Waals surface area contributed by atoms with Crippen LogP contribution in [0.25, 0.3) is 5.57 Å². The smallest absolute Gasteiger partial charge is 0.137 e. The molecule has 0 aliphatic carbocycles. The number of allylic oxidation sites excluding steroid dienone is 1. The van der Waals surface area contributed by atoms with Crippen molar-refractivity contribution in [2.75, 3.05) is 0 Å². The summed E-state index contributed by atoms with van der Waals surface area (Å²) in [5, 5.41) is 7.79. The summed E-state index contributed by atoms with van der Waals surface area (Å²) in [5.74, 6) is 6.68. The van der Waals surface area contributed by atoms with Crippen LogP contribution in [0.5, 0.6) is 0 Å². The first-order chi connectivity index (χ1) is 10.8. The third-order valence-corrected chi connectivity index (χ3v) is 3.45. The molecule has 110 valence electrons. The highest BCUT2D eigenvalue weighted by molar-refractivity contribution is 6.31. The third kappa shape index (κ3) is 2.13. The van der Waals surface area contributed by atoms with Crippen LogP contribution in [0, 0.1) is 0 Å². The molecule has 2 aromatic heterocycles. The number of hydrogen-bond donors (Lipinski definition) is 2. The van der Waals surface area contributed by atoms with Gasteiger partial charge in [-0.05, 0) is 24.3 Å². The Morgan fingerprint density at radius 1 is 1.18 bits per heavy atom. The lowest BCUT2D eigenvalue weighted by atomic mass is 10.0. The van der Waals surface area contributed by atoms with Gasteiger partial charge in [0.05, 0.1) is 24.1 Å². The molecule has 3 N–H and O–H groups in total. The molecule has 7 heteroatoms. The van der Waals surface area contributed by atoms with E-state index in [2.05, 4.69) is 15.6 Å². The van der Waals surface area contributed by atoms with Crippen LogP contribution in [0.15, 0.2) is 70.4 Å². The number of nitrogens with two attached hydrogens (primary N) is 1. The Morgan fingerprint density at radius 2 is 2.14 bits per heavy atom. The van der Waals surface area contributed by atoms with Crippen molar-refractivity contribution in [3.63, 3.8) is 0 Å². The van der Waals surface area contributed by atoms with E-state index in [1.165, 1.54) is 5.01 Å². The summed E-state index contributed by atoms with van der Waals surface area (Å²) in [7, 11) is 0.